The van der Waals surface area contributed by atoms with Crippen LogP contribution in [0.1, 0.15) is 13.8 Å². The first-order valence-electron chi connectivity index (χ1n) is 2.62. The highest BCUT2D eigenvalue weighted by atomic mass is 127. The molecule has 0 atom stereocenters. The van der Waals surface area contributed by atoms with Gasteiger partial charge in [0.15, 0.2) is 0 Å². The minimum absolute atomic E-state index is 0.354. The number of alkyl halides is 1. The molecule has 52 valence electrons. The Kier molecular flexibility index (Phi) is 2.69. The van der Waals surface area contributed by atoms with Crippen molar-refractivity contribution in [1.29, 1.82) is 0 Å². The first kappa shape index (κ1) is 9.08. The van der Waals surface area contributed by atoms with Crippen LogP contribution in [-0.2, 0) is 0 Å². The molecule has 0 saturated carbocycles. The molecule has 0 unspecified atom stereocenters. The average molecular weight is 246 g/mol. The number of halogens is 1. The SMILES string of the molecule is CC(C)(I)S(C)(C)C. The molecule has 0 aliphatic rings. The molecule has 0 aromatic rings. The van der Waals surface area contributed by atoms with Crippen molar-refractivity contribution in [1.82, 2.24) is 0 Å². The predicted molar refractivity (Wildman–Crippen MR) is 53.5 cm³/mol. The van der Waals surface area contributed by atoms with Gasteiger partial charge in [-0.15, -0.1) is 0 Å². The van der Waals surface area contributed by atoms with Crippen LogP contribution in [0.4, 0.5) is 0 Å². The second-order valence-electron chi connectivity index (χ2n) is 3.20. The zero-order chi connectivity index (χ0) is 7.00. The van der Waals surface area contributed by atoms with E-state index in [1.54, 1.807) is 0 Å². The lowest BCUT2D eigenvalue weighted by atomic mass is 10.6. The van der Waals surface area contributed by atoms with Crippen molar-refractivity contribution in [2.24, 2.45) is 0 Å². The minimum Gasteiger partial charge on any atom is -0.236 e. The molecule has 0 aromatic heterocycles. The van der Waals surface area contributed by atoms with E-state index in [1.807, 2.05) is 0 Å². The van der Waals surface area contributed by atoms with E-state index in [0.29, 0.717) is 2.75 Å². The summed E-state index contributed by atoms with van der Waals surface area (Å²) in [4.78, 5) is 0. The van der Waals surface area contributed by atoms with E-state index in [0.717, 1.165) is 0 Å². The van der Waals surface area contributed by atoms with E-state index in [2.05, 4.69) is 55.2 Å². The van der Waals surface area contributed by atoms with Crippen LogP contribution < -0.4 is 0 Å². The second-order valence-corrected chi connectivity index (χ2v) is 11.3. The molecule has 0 aliphatic carbocycles. The second kappa shape index (κ2) is 2.37. The Bertz CT molecular complexity index is 63.5. The van der Waals surface area contributed by atoms with Crippen LogP contribution in [-0.4, -0.2) is 21.5 Å². The van der Waals surface area contributed by atoms with Gasteiger partial charge in [0.25, 0.3) is 0 Å². The fourth-order valence-corrected chi connectivity index (χ4v) is 0. The van der Waals surface area contributed by atoms with Crippen molar-refractivity contribution >= 4 is 32.6 Å². The Balaban J connectivity index is 4.02. The first-order valence-corrected chi connectivity index (χ1v) is 6.55. The Morgan fingerprint density at radius 3 is 1.25 bits per heavy atom. The lowest BCUT2D eigenvalue weighted by Gasteiger charge is -2.38. The number of hydrogen-bond donors (Lipinski definition) is 0. The smallest absolute Gasteiger partial charge is 0.0458 e. The highest BCUT2D eigenvalue weighted by Gasteiger charge is 2.24. The maximum absolute atomic E-state index is 2.52. The third-order valence-electron chi connectivity index (χ3n) is 1.46. The molecule has 0 nitrogen and oxygen atoms in total. The summed E-state index contributed by atoms with van der Waals surface area (Å²) in [6.45, 7) is 4.59. The van der Waals surface area contributed by atoms with Crippen LogP contribution in [0, 0.1) is 0 Å². The van der Waals surface area contributed by atoms with Crippen LogP contribution in [0.3, 0.4) is 0 Å². The minimum atomic E-state index is -0.354. The predicted octanol–water partition coefficient (Wildman–Crippen LogP) is 2.85. The maximum atomic E-state index is 2.52. The summed E-state index contributed by atoms with van der Waals surface area (Å²) in [7, 11) is -0.354. The molecule has 0 amide bonds. The highest BCUT2D eigenvalue weighted by molar-refractivity contribution is 14.1. The van der Waals surface area contributed by atoms with E-state index in [9.17, 15) is 0 Å². The normalized spacial score (nSPS) is 16.2. The molecule has 0 fully saturated rings. The van der Waals surface area contributed by atoms with E-state index < -0.39 is 0 Å². The van der Waals surface area contributed by atoms with Gasteiger partial charge in [-0.05, 0) is 32.6 Å². The Morgan fingerprint density at radius 2 is 1.25 bits per heavy atom. The summed E-state index contributed by atoms with van der Waals surface area (Å²) in [6, 6.07) is 0. The molecular weight excluding hydrogens is 231 g/mol. The zero-order valence-electron chi connectivity index (χ0n) is 6.29. The molecule has 0 aromatic carbocycles. The van der Waals surface area contributed by atoms with Crippen LogP contribution in [0.25, 0.3) is 0 Å². The highest BCUT2D eigenvalue weighted by Crippen LogP contribution is 2.53. The summed E-state index contributed by atoms with van der Waals surface area (Å²) in [5, 5.41) is 0. The monoisotopic (exact) mass is 246 g/mol. The fourth-order valence-electron chi connectivity index (χ4n) is 0. The zero-order valence-corrected chi connectivity index (χ0v) is 9.26. The van der Waals surface area contributed by atoms with Gasteiger partial charge >= 0.3 is 0 Å². The van der Waals surface area contributed by atoms with Gasteiger partial charge in [0.2, 0.25) is 0 Å². The molecule has 0 spiro atoms. The molecule has 0 bridgehead atoms. The molecule has 0 N–H and O–H groups in total. The molecule has 0 radical (unpaired) electrons. The third kappa shape index (κ3) is 2.58. The van der Waals surface area contributed by atoms with E-state index >= 15 is 0 Å². The van der Waals surface area contributed by atoms with Crippen LogP contribution in [0.5, 0.6) is 0 Å². The molecule has 0 aliphatic heterocycles. The molecule has 0 rings (SSSR count). The van der Waals surface area contributed by atoms with E-state index in [1.165, 1.54) is 0 Å². The lowest BCUT2D eigenvalue weighted by Crippen LogP contribution is -2.17. The Labute approximate surface area is 67.9 Å². The van der Waals surface area contributed by atoms with Crippen LogP contribution in [0.2, 0.25) is 0 Å². The molecule has 0 saturated heterocycles. The molecule has 8 heavy (non-hydrogen) atoms. The molecular formula is C6H15IS. The van der Waals surface area contributed by atoms with Gasteiger partial charge in [-0.25, -0.2) is 10.0 Å². The van der Waals surface area contributed by atoms with Crippen LogP contribution in [0.15, 0.2) is 0 Å². The van der Waals surface area contributed by atoms with Crippen molar-refractivity contribution in [3.05, 3.63) is 0 Å². The van der Waals surface area contributed by atoms with Crippen LogP contribution >= 0.6 is 32.6 Å². The average Bonchev–Trinajstić information content (AvgIpc) is 1.25. The van der Waals surface area contributed by atoms with Gasteiger partial charge in [-0.3, -0.25) is 0 Å². The van der Waals surface area contributed by atoms with Gasteiger partial charge in [0, 0.05) is 2.75 Å². The number of hydrogen-bond acceptors (Lipinski definition) is 0. The van der Waals surface area contributed by atoms with Gasteiger partial charge in [-0.2, -0.15) is 0 Å². The van der Waals surface area contributed by atoms with Gasteiger partial charge < -0.3 is 0 Å². The third-order valence-corrected chi connectivity index (χ3v) is 8.33. The van der Waals surface area contributed by atoms with Crippen molar-refractivity contribution in [2.45, 2.75) is 16.6 Å². The summed E-state index contributed by atoms with van der Waals surface area (Å²) in [6.07, 6.45) is 7.04. The largest absolute Gasteiger partial charge is 0.236 e. The summed E-state index contributed by atoms with van der Waals surface area (Å²) in [5.74, 6) is 0. The van der Waals surface area contributed by atoms with Crippen molar-refractivity contribution in [2.75, 3.05) is 18.8 Å². The molecule has 0 heterocycles. The maximum Gasteiger partial charge on any atom is 0.0458 e. The number of rotatable bonds is 1. The standard InChI is InChI=1S/C6H15IS/c1-6(2,7)8(3,4)5/h1-5H3. The summed E-state index contributed by atoms with van der Waals surface area (Å²) in [5.41, 5.74) is 0. The Morgan fingerprint density at radius 1 is 1.12 bits per heavy atom. The Hall–Kier alpha value is 1.08. The van der Waals surface area contributed by atoms with Crippen molar-refractivity contribution in [3.8, 4) is 0 Å². The summed E-state index contributed by atoms with van der Waals surface area (Å²) < 4.78 is 0.491. The quantitative estimate of drug-likeness (QED) is 0.493. The lowest BCUT2D eigenvalue weighted by molar-refractivity contribution is 1.06. The van der Waals surface area contributed by atoms with Crippen molar-refractivity contribution < 1.29 is 0 Å². The van der Waals surface area contributed by atoms with Gasteiger partial charge in [-0.1, -0.05) is 22.6 Å². The molecule has 2 heteroatoms. The fraction of sp³-hybridized carbons (Fsp3) is 1.00. The van der Waals surface area contributed by atoms with Gasteiger partial charge in [0.05, 0.1) is 0 Å². The first-order chi connectivity index (χ1) is 3.25. The van der Waals surface area contributed by atoms with E-state index in [4.69, 9.17) is 0 Å². The topological polar surface area (TPSA) is 0 Å². The summed E-state index contributed by atoms with van der Waals surface area (Å²) >= 11 is 2.52. The van der Waals surface area contributed by atoms with E-state index in [-0.39, 0.29) is 10.0 Å². The van der Waals surface area contributed by atoms with Crippen molar-refractivity contribution in [3.63, 3.8) is 0 Å². The van der Waals surface area contributed by atoms with Gasteiger partial charge in [0.1, 0.15) is 0 Å².